The van der Waals surface area contributed by atoms with Crippen molar-refractivity contribution in [1.29, 1.82) is 0 Å². The lowest BCUT2D eigenvalue weighted by molar-refractivity contribution is 0.486. The average Bonchev–Trinajstić information content (AvgIpc) is 2.54. The van der Waals surface area contributed by atoms with Crippen LogP contribution in [0.5, 0.6) is 0 Å². The van der Waals surface area contributed by atoms with E-state index in [1.165, 1.54) is 18.3 Å². The number of hydrogen-bond donors (Lipinski definition) is 0. The summed E-state index contributed by atoms with van der Waals surface area (Å²) in [7, 11) is 0. The van der Waals surface area contributed by atoms with Crippen molar-refractivity contribution in [1.82, 2.24) is 4.98 Å². The van der Waals surface area contributed by atoms with E-state index in [1.54, 1.807) is 26.0 Å². The van der Waals surface area contributed by atoms with Crippen LogP contribution >= 0.6 is 0 Å². The summed E-state index contributed by atoms with van der Waals surface area (Å²) in [5.41, 5.74) is 1.41. The molecule has 3 nitrogen and oxygen atoms in total. The van der Waals surface area contributed by atoms with E-state index >= 15 is 0 Å². The van der Waals surface area contributed by atoms with E-state index in [4.69, 9.17) is 4.42 Å². The molecule has 0 unspecified atom stereocenters. The van der Waals surface area contributed by atoms with Crippen LogP contribution in [0.3, 0.4) is 0 Å². The van der Waals surface area contributed by atoms with Gasteiger partial charge in [-0.1, -0.05) is 5.92 Å². The van der Waals surface area contributed by atoms with Gasteiger partial charge in [0.05, 0.1) is 11.1 Å². The van der Waals surface area contributed by atoms with Crippen molar-refractivity contribution >= 4 is 0 Å². The van der Waals surface area contributed by atoms with Crippen molar-refractivity contribution < 1.29 is 13.2 Å². The second kappa shape index (κ2) is 6.70. The third-order valence-corrected chi connectivity index (χ3v) is 3.56. The lowest BCUT2D eigenvalue weighted by Crippen LogP contribution is -2.06. The fourth-order valence-electron chi connectivity index (χ4n) is 2.44. The minimum atomic E-state index is -0.725. The Bertz CT molecular complexity index is 1060. The van der Waals surface area contributed by atoms with Gasteiger partial charge in [-0.15, -0.1) is 0 Å². The molecule has 0 saturated heterocycles. The molecule has 5 heteroatoms. The normalized spacial score (nSPS) is 10.2. The Labute approximate surface area is 143 Å². The summed E-state index contributed by atoms with van der Waals surface area (Å²) < 4.78 is 31.9. The minimum Gasteiger partial charge on any atom is -0.466 e. The number of rotatable bonds is 1. The van der Waals surface area contributed by atoms with E-state index in [0.29, 0.717) is 28.3 Å². The molecule has 0 radical (unpaired) electrons. The zero-order chi connectivity index (χ0) is 18.0. The van der Waals surface area contributed by atoms with Crippen molar-refractivity contribution in [3.05, 3.63) is 87.2 Å². The Morgan fingerprint density at radius 1 is 1.04 bits per heavy atom. The highest BCUT2D eigenvalue weighted by Crippen LogP contribution is 2.19. The molecule has 0 spiro atoms. The summed E-state index contributed by atoms with van der Waals surface area (Å²) in [6.07, 6.45) is 1.51. The fraction of sp³-hybridized carbons (Fsp3) is 0.100. The van der Waals surface area contributed by atoms with Crippen LogP contribution in [0.1, 0.15) is 22.8 Å². The van der Waals surface area contributed by atoms with E-state index < -0.39 is 11.6 Å². The zero-order valence-electron chi connectivity index (χ0n) is 13.6. The quantitative estimate of drug-likeness (QED) is 0.631. The molecule has 0 amide bonds. The molecule has 2 aromatic heterocycles. The summed E-state index contributed by atoms with van der Waals surface area (Å²) in [5.74, 6) is 5.00. The second-order valence-corrected chi connectivity index (χ2v) is 5.46. The van der Waals surface area contributed by atoms with Crippen molar-refractivity contribution in [2.45, 2.75) is 13.8 Å². The van der Waals surface area contributed by atoms with Gasteiger partial charge in [0.1, 0.15) is 28.8 Å². The molecule has 0 aliphatic carbocycles. The van der Waals surface area contributed by atoms with Crippen LogP contribution in [-0.2, 0) is 0 Å². The molecular weight excluding hydrogens is 324 g/mol. The molecule has 0 saturated carbocycles. The van der Waals surface area contributed by atoms with Crippen molar-refractivity contribution in [2.75, 3.05) is 0 Å². The minimum absolute atomic E-state index is 0.0855. The summed E-state index contributed by atoms with van der Waals surface area (Å²) in [6.45, 7) is 3.43. The van der Waals surface area contributed by atoms with Crippen LogP contribution in [0.4, 0.5) is 8.78 Å². The van der Waals surface area contributed by atoms with Crippen LogP contribution in [-0.4, -0.2) is 4.98 Å². The van der Waals surface area contributed by atoms with Crippen LogP contribution in [0, 0.1) is 37.3 Å². The van der Waals surface area contributed by atoms with E-state index in [-0.39, 0.29) is 11.0 Å². The largest absolute Gasteiger partial charge is 0.466 e. The summed E-state index contributed by atoms with van der Waals surface area (Å²) in [6, 6.07) is 7.94. The number of aryl methyl sites for hydroxylation is 2. The molecular formula is C20H13F2NO2. The highest BCUT2D eigenvalue weighted by Gasteiger charge is 2.10. The molecule has 0 atom stereocenters. The Morgan fingerprint density at radius 3 is 2.48 bits per heavy atom. The van der Waals surface area contributed by atoms with Crippen molar-refractivity contribution in [3.63, 3.8) is 0 Å². The molecule has 3 rings (SSSR count). The van der Waals surface area contributed by atoms with Crippen LogP contribution in [0.2, 0.25) is 0 Å². The molecule has 0 bridgehead atoms. The van der Waals surface area contributed by atoms with Gasteiger partial charge in [0.25, 0.3) is 0 Å². The highest BCUT2D eigenvalue weighted by atomic mass is 19.1. The first kappa shape index (κ1) is 16.6. The van der Waals surface area contributed by atoms with Gasteiger partial charge in [0.2, 0.25) is 0 Å². The average molecular weight is 337 g/mol. The Morgan fingerprint density at radius 2 is 1.84 bits per heavy atom. The van der Waals surface area contributed by atoms with Gasteiger partial charge in [0, 0.05) is 23.9 Å². The van der Waals surface area contributed by atoms with Crippen molar-refractivity contribution in [3.8, 4) is 23.0 Å². The number of pyridine rings is 1. The first-order valence-electron chi connectivity index (χ1n) is 7.49. The maximum Gasteiger partial charge on any atom is 0.193 e. The predicted octanol–water partition coefficient (Wildman–Crippen LogP) is 4.00. The van der Waals surface area contributed by atoms with Crippen LogP contribution < -0.4 is 5.43 Å². The van der Waals surface area contributed by atoms with E-state index in [9.17, 15) is 13.6 Å². The SMILES string of the molecule is Cc1cc(=O)c(-c2ccc(C#Cc3ccc(F)cc3F)nc2)c(C)o1. The molecule has 25 heavy (non-hydrogen) atoms. The third-order valence-electron chi connectivity index (χ3n) is 3.56. The van der Waals surface area contributed by atoms with Gasteiger partial charge < -0.3 is 4.42 Å². The maximum atomic E-state index is 13.6. The summed E-state index contributed by atoms with van der Waals surface area (Å²) in [4.78, 5) is 16.3. The molecule has 1 aromatic carbocycles. The number of hydrogen-bond acceptors (Lipinski definition) is 3. The zero-order valence-corrected chi connectivity index (χ0v) is 13.6. The van der Waals surface area contributed by atoms with Gasteiger partial charge in [-0.3, -0.25) is 4.79 Å². The molecule has 3 aromatic rings. The Kier molecular flexibility index (Phi) is 4.44. The first-order valence-corrected chi connectivity index (χ1v) is 7.49. The molecule has 0 fully saturated rings. The number of aromatic nitrogens is 1. The standard InChI is InChI=1S/C20H13F2NO2/c1-12-9-19(24)20(13(2)25-12)15-5-8-17(23-11-15)7-4-14-3-6-16(21)10-18(14)22/h3,5-6,8-11H,1-2H3. The smallest absolute Gasteiger partial charge is 0.193 e. The van der Waals surface area contributed by atoms with E-state index in [2.05, 4.69) is 16.8 Å². The number of benzene rings is 1. The molecule has 0 N–H and O–H groups in total. The highest BCUT2D eigenvalue weighted by molar-refractivity contribution is 5.64. The van der Waals surface area contributed by atoms with Gasteiger partial charge in [-0.05, 0) is 44.0 Å². The monoisotopic (exact) mass is 337 g/mol. The topological polar surface area (TPSA) is 43.1 Å². The Hall–Kier alpha value is -3.26. The summed E-state index contributed by atoms with van der Waals surface area (Å²) >= 11 is 0. The molecule has 0 aliphatic heterocycles. The van der Waals surface area contributed by atoms with Crippen LogP contribution in [0.25, 0.3) is 11.1 Å². The lowest BCUT2D eigenvalue weighted by atomic mass is 10.1. The molecule has 0 aliphatic rings. The first-order chi connectivity index (χ1) is 11.9. The van der Waals surface area contributed by atoms with Crippen molar-refractivity contribution in [2.24, 2.45) is 0 Å². The van der Waals surface area contributed by atoms with Gasteiger partial charge in [0.15, 0.2) is 5.43 Å². The van der Waals surface area contributed by atoms with E-state index in [0.717, 1.165) is 12.1 Å². The number of halogens is 2. The maximum absolute atomic E-state index is 13.6. The van der Waals surface area contributed by atoms with Gasteiger partial charge in [-0.2, -0.15) is 0 Å². The molecule has 2 heterocycles. The molecule has 124 valence electrons. The van der Waals surface area contributed by atoms with Crippen LogP contribution in [0.15, 0.2) is 51.8 Å². The predicted molar refractivity (Wildman–Crippen MR) is 90.0 cm³/mol. The summed E-state index contributed by atoms with van der Waals surface area (Å²) in [5, 5.41) is 0. The van der Waals surface area contributed by atoms with E-state index in [1.807, 2.05) is 0 Å². The third kappa shape index (κ3) is 3.64. The fourth-order valence-corrected chi connectivity index (χ4v) is 2.44. The van der Waals surface area contributed by atoms with Gasteiger partial charge in [-0.25, -0.2) is 13.8 Å². The lowest BCUT2D eigenvalue weighted by Gasteiger charge is -2.05. The Balaban J connectivity index is 1.92. The van der Waals surface area contributed by atoms with Gasteiger partial charge >= 0.3 is 0 Å². The number of nitrogens with zero attached hydrogens (tertiary/aromatic N) is 1. The second-order valence-electron chi connectivity index (χ2n) is 5.46.